The van der Waals surface area contributed by atoms with Crippen LogP contribution in [0.1, 0.15) is 53.3 Å². The molecule has 1 fully saturated rings. The third-order valence-electron chi connectivity index (χ3n) is 5.55. The minimum Gasteiger partial charge on any atom is -0.462 e. The second-order valence-electron chi connectivity index (χ2n) is 8.27. The minimum atomic E-state index is -0.743. The van der Waals surface area contributed by atoms with Gasteiger partial charge in [0, 0.05) is 24.2 Å². The Morgan fingerprint density at radius 1 is 0.917 bits per heavy atom. The monoisotopic (exact) mass is 495 g/mol. The molecular weight excluding hydrogens is 466 g/mol. The second-order valence-corrected chi connectivity index (χ2v) is 8.27. The molecule has 190 valence electrons. The molecular formula is C26H29N3O7. The number of benzene rings is 2. The molecule has 0 unspecified atom stereocenters. The average Bonchev–Trinajstić information content (AvgIpc) is 3.30. The van der Waals surface area contributed by atoms with Gasteiger partial charge < -0.3 is 14.4 Å². The van der Waals surface area contributed by atoms with Crippen LogP contribution in [0.4, 0.5) is 5.69 Å². The molecule has 2 N–H and O–H groups in total. The molecule has 3 amide bonds. The summed E-state index contributed by atoms with van der Waals surface area (Å²) in [6.07, 6.45) is 2.77. The molecule has 0 saturated carbocycles. The highest BCUT2D eigenvalue weighted by Crippen LogP contribution is 2.26. The molecule has 10 heteroatoms. The number of hydrogen-bond acceptors (Lipinski definition) is 7. The molecule has 0 aromatic heterocycles. The van der Waals surface area contributed by atoms with E-state index in [2.05, 4.69) is 17.8 Å². The minimum absolute atomic E-state index is 0.0631. The number of hydrogen-bond donors (Lipinski definition) is 2. The topological polar surface area (TPSA) is 131 Å². The molecule has 1 aliphatic rings. The van der Waals surface area contributed by atoms with Crippen molar-refractivity contribution < 1.29 is 33.4 Å². The normalized spacial score (nSPS) is 14.8. The largest absolute Gasteiger partial charge is 0.462 e. The van der Waals surface area contributed by atoms with Crippen molar-refractivity contribution >= 4 is 35.3 Å². The maximum absolute atomic E-state index is 12.5. The predicted octanol–water partition coefficient (Wildman–Crippen LogP) is 2.39. The van der Waals surface area contributed by atoms with Gasteiger partial charge >= 0.3 is 11.9 Å². The van der Waals surface area contributed by atoms with Crippen molar-refractivity contribution in [2.75, 3.05) is 24.7 Å². The van der Waals surface area contributed by atoms with Crippen LogP contribution in [0.2, 0.25) is 0 Å². The van der Waals surface area contributed by atoms with Crippen LogP contribution in [0.3, 0.4) is 0 Å². The molecule has 2 aromatic rings. The Morgan fingerprint density at radius 2 is 1.64 bits per heavy atom. The van der Waals surface area contributed by atoms with E-state index in [0.717, 1.165) is 19.3 Å². The Bertz CT molecular complexity index is 1090. The molecule has 0 aliphatic carbocycles. The van der Waals surface area contributed by atoms with Crippen LogP contribution in [-0.2, 0) is 23.9 Å². The summed E-state index contributed by atoms with van der Waals surface area (Å²) < 4.78 is 10.2. The van der Waals surface area contributed by atoms with Gasteiger partial charge in [-0.1, -0.05) is 38.0 Å². The van der Waals surface area contributed by atoms with Gasteiger partial charge in [0.25, 0.3) is 11.8 Å². The summed E-state index contributed by atoms with van der Waals surface area (Å²) in [5, 5.41) is 0. The quantitative estimate of drug-likeness (QED) is 0.294. The third kappa shape index (κ3) is 7.39. The number of carbonyl (C=O) groups is 5. The van der Waals surface area contributed by atoms with Crippen LogP contribution in [0.5, 0.6) is 0 Å². The lowest BCUT2D eigenvalue weighted by atomic mass is 10.1. The fraction of sp³-hybridized carbons (Fsp3) is 0.346. The van der Waals surface area contributed by atoms with Gasteiger partial charge in [-0.25, -0.2) is 4.79 Å². The SMILES string of the molecule is CCCCCOC(=O)c1ccc(N2C[C@@H](C(=O)OCC(=O)NNC(=O)c3ccccc3)CC2=O)cc1. The van der Waals surface area contributed by atoms with Crippen molar-refractivity contribution in [1.29, 1.82) is 0 Å². The maximum atomic E-state index is 12.5. The van der Waals surface area contributed by atoms with E-state index in [1.54, 1.807) is 54.6 Å². The fourth-order valence-electron chi connectivity index (χ4n) is 3.57. The Labute approximate surface area is 208 Å². The Kier molecular flexibility index (Phi) is 9.56. The van der Waals surface area contributed by atoms with Gasteiger partial charge in [0.1, 0.15) is 0 Å². The van der Waals surface area contributed by atoms with Gasteiger partial charge in [-0.2, -0.15) is 0 Å². The third-order valence-corrected chi connectivity index (χ3v) is 5.55. The number of carbonyl (C=O) groups excluding carboxylic acids is 5. The van der Waals surface area contributed by atoms with E-state index in [1.807, 2.05) is 0 Å². The summed E-state index contributed by atoms with van der Waals surface area (Å²) in [4.78, 5) is 62.2. The first-order valence-corrected chi connectivity index (χ1v) is 11.8. The summed E-state index contributed by atoms with van der Waals surface area (Å²) in [5.41, 5.74) is 5.68. The smallest absolute Gasteiger partial charge is 0.338 e. The van der Waals surface area contributed by atoms with Gasteiger partial charge in [-0.15, -0.1) is 0 Å². The van der Waals surface area contributed by atoms with Crippen LogP contribution in [0, 0.1) is 5.92 Å². The summed E-state index contributed by atoms with van der Waals surface area (Å²) >= 11 is 0. The summed E-state index contributed by atoms with van der Waals surface area (Å²) in [6.45, 7) is 1.91. The number of esters is 2. The fourth-order valence-corrected chi connectivity index (χ4v) is 3.57. The first-order chi connectivity index (χ1) is 17.4. The molecule has 1 aliphatic heterocycles. The first kappa shape index (κ1) is 26.4. The van der Waals surface area contributed by atoms with Gasteiger partial charge in [0.15, 0.2) is 6.61 Å². The van der Waals surface area contributed by atoms with E-state index in [0.29, 0.717) is 23.4 Å². The molecule has 3 rings (SSSR count). The van der Waals surface area contributed by atoms with Gasteiger partial charge in [0.2, 0.25) is 5.91 Å². The average molecular weight is 496 g/mol. The summed E-state index contributed by atoms with van der Waals surface area (Å²) in [6, 6.07) is 14.7. The van der Waals surface area contributed by atoms with Crippen molar-refractivity contribution in [3.8, 4) is 0 Å². The van der Waals surface area contributed by atoms with E-state index in [1.165, 1.54) is 4.90 Å². The van der Waals surface area contributed by atoms with Gasteiger partial charge in [-0.05, 0) is 42.8 Å². The zero-order valence-electron chi connectivity index (χ0n) is 20.0. The van der Waals surface area contributed by atoms with Gasteiger partial charge in [0.05, 0.1) is 18.1 Å². The zero-order chi connectivity index (χ0) is 25.9. The van der Waals surface area contributed by atoms with Crippen LogP contribution in [-0.4, -0.2) is 49.4 Å². The van der Waals surface area contributed by atoms with Crippen molar-refractivity contribution in [1.82, 2.24) is 10.9 Å². The van der Waals surface area contributed by atoms with Crippen molar-refractivity contribution in [3.05, 3.63) is 65.7 Å². The molecule has 0 bridgehead atoms. The van der Waals surface area contributed by atoms with E-state index < -0.39 is 36.3 Å². The number of rotatable bonds is 10. The molecule has 0 spiro atoms. The standard InChI is InChI=1S/C26H29N3O7/c1-2-3-7-14-35-25(33)19-10-12-21(13-11-19)29-16-20(15-23(29)31)26(34)36-17-22(30)27-28-24(32)18-8-5-4-6-9-18/h4-6,8-13,20H,2-3,7,14-17H2,1H3,(H,27,30)(H,28,32)/t20-/m0/s1. The predicted molar refractivity (Wildman–Crippen MR) is 130 cm³/mol. The van der Waals surface area contributed by atoms with E-state index in [-0.39, 0.29) is 18.9 Å². The number of anilines is 1. The van der Waals surface area contributed by atoms with Crippen LogP contribution >= 0.6 is 0 Å². The number of ether oxygens (including phenoxy) is 2. The number of hydrazine groups is 1. The van der Waals surface area contributed by atoms with Gasteiger partial charge in [-0.3, -0.25) is 30.0 Å². The number of nitrogens with one attached hydrogen (secondary N) is 2. The Hall–Kier alpha value is -4.21. The molecule has 2 aromatic carbocycles. The Balaban J connectivity index is 1.43. The highest BCUT2D eigenvalue weighted by molar-refractivity contribution is 6.00. The van der Waals surface area contributed by atoms with E-state index in [4.69, 9.17) is 9.47 Å². The lowest BCUT2D eigenvalue weighted by molar-refractivity contribution is -0.152. The van der Waals surface area contributed by atoms with Crippen LogP contribution in [0.25, 0.3) is 0 Å². The molecule has 0 radical (unpaired) electrons. The Morgan fingerprint density at radius 3 is 2.33 bits per heavy atom. The molecule has 36 heavy (non-hydrogen) atoms. The van der Waals surface area contributed by atoms with Crippen molar-refractivity contribution in [2.45, 2.75) is 32.6 Å². The zero-order valence-corrected chi connectivity index (χ0v) is 20.0. The van der Waals surface area contributed by atoms with Crippen LogP contribution < -0.4 is 15.8 Å². The molecule has 10 nitrogen and oxygen atoms in total. The molecule has 1 atom stereocenters. The highest BCUT2D eigenvalue weighted by Gasteiger charge is 2.36. The second kappa shape index (κ2) is 13.0. The summed E-state index contributed by atoms with van der Waals surface area (Å²) in [5.74, 6) is -3.36. The lowest BCUT2D eigenvalue weighted by Gasteiger charge is -2.17. The first-order valence-electron chi connectivity index (χ1n) is 11.8. The molecule has 1 saturated heterocycles. The maximum Gasteiger partial charge on any atom is 0.338 e. The highest BCUT2D eigenvalue weighted by atomic mass is 16.5. The van der Waals surface area contributed by atoms with E-state index in [9.17, 15) is 24.0 Å². The number of amides is 3. The van der Waals surface area contributed by atoms with E-state index >= 15 is 0 Å². The number of nitrogens with zero attached hydrogens (tertiary/aromatic N) is 1. The van der Waals surface area contributed by atoms with Crippen molar-refractivity contribution in [2.24, 2.45) is 5.92 Å². The lowest BCUT2D eigenvalue weighted by Crippen LogP contribution is -2.43. The van der Waals surface area contributed by atoms with Crippen molar-refractivity contribution in [3.63, 3.8) is 0 Å². The molecule has 1 heterocycles. The van der Waals surface area contributed by atoms with Crippen LogP contribution in [0.15, 0.2) is 54.6 Å². The number of unbranched alkanes of at least 4 members (excludes halogenated alkanes) is 2. The summed E-state index contributed by atoms with van der Waals surface area (Å²) in [7, 11) is 0.